The van der Waals surface area contributed by atoms with Crippen LogP contribution in [0.15, 0.2) is 24.3 Å². The van der Waals surface area contributed by atoms with Gasteiger partial charge in [0.05, 0.1) is 0 Å². The minimum Gasteiger partial charge on any atom is -0.233 e. The monoisotopic (exact) mass is 258 g/mol. The third-order valence-corrected chi connectivity index (χ3v) is 3.92. The predicted molar refractivity (Wildman–Crippen MR) is 73.9 cm³/mol. The summed E-state index contributed by atoms with van der Waals surface area (Å²) in [7, 11) is 0. The van der Waals surface area contributed by atoms with E-state index in [0.717, 1.165) is 22.7 Å². The van der Waals surface area contributed by atoms with Crippen molar-refractivity contribution >= 4 is 11.6 Å². The molecule has 1 aromatic carbocycles. The van der Waals surface area contributed by atoms with Crippen LogP contribution in [0.2, 0.25) is 5.15 Å². The van der Waals surface area contributed by atoms with Gasteiger partial charge in [0, 0.05) is 16.8 Å². The quantitative estimate of drug-likeness (QED) is 0.751. The maximum atomic E-state index is 6.11. The second kappa shape index (κ2) is 4.36. The highest BCUT2D eigenvalue weighted by Gasteiger charge is 2.23. The summed E-state index contributed by atoms with van der Waals surface area (Å²) in [5, 5.41) is 0.545. The molecule has 0 N–H and O–H groups in total. The molecule has 0 spiro atoms. The van der Waals surface area contributed by atoms with Crippen molar-refractivity contribution in [1.29, 1.82) is 0 Å². The largest absolute Gasteiger partial charge is 0.233 e. The van der Waals surface area contributed by atoms with Gasteiger partial charge in [-0.1, -0.05) is 35.9 Å². The van der Waals surface area contributed by atoms with E-state index < -0.39 is 0 Å². The maximum Gasteiger partial charge on any atom is 0.161 e. The molecule has 1 aliphatic rings. The predicted octanol–water partition coefficient (Wildman–Crippen LogP) is 4.29. The molecule has 0 saturated heterocycles. The van der Waals surface area contributed by atoms with Gasteiger partial charge in [-0.05, 0) is 38.2 Å². The molecule has 0 bridgehead atoms. The molecule has 0 atom stereocenters. The summed E-state index contributed by atoms with van der Waals surface area (Å²) in [5.41, 5.74) is 4.35. The number of halogens is 1. The Hall–Kier alpha value is -1.41. The first kappa shape index (κ1) is 11.7. The Labute approximate surface area is 112 Å². The smallest absolute Gasteiger partial charge is 0.161 e. The van der Waals surface area contributed by atoms with Crippen molar-refractivity contribution in [2.24, 2.45) is 0 Å². The molecule has 92 valence electrons. The van der Waals surface area contributed by atoms with E-state index in [1.165, 1.54) is 18.4 Å². The van der Waals surface area contributed by atoms with Gasteiger partial charge in [-0.15, -0.1) is 0 Å². The standard InChI is InChI=1S/C15H15ClN2/c1-9-10(2)17-15(18-14(9)16)13-7-5-12(6-8-13)11-3-4-11/h5-8,11H,3-4H2,1-2H3. The summed E-state index contributed by atoms with van der Waals surface area (Å²) in [6.45, 7) is 3.91. The molecule has 0 amide bonds. The van der Waals surface area contributed by atoms with E-state index in [4.69, 9.17) is 11.6 Å². The van der Waals surface area contributed by atoms with Crippen molar-refractivity contribution in [1.82, 2.24) is 9.97 Å². The maximum absolute atomic E-state index is 6.11. The average Bonchev–Trinajstić information content (AvgIpc) is 3.20. The molecule has 18 heavy (non-hydrogen) atoms. The molecule has 0 radical (unpaired) electrons. The summed E-state index contributed by atoms with van der Waals surface area (Å²) < 4.78 is 0. The Morgan fingerprint density at radius 3 is 2.28 bits per heavy atom. The minimum atomic E-state index is 0.545. The van der Waals surface area contributed by atoms with Gasteiger partial charge in [-0.2, -0.15) is 0 Å². The molecule has 1 heterocycles. The topological polar surface area (TPSA) is 25.8 Å². The van der Waals surface area contributed by atoms with E-state index in [2.05, 4.69) is 34.2 Å². The van der Waals surface area contributed by atoms with Crippen LogP contribution < -0.4 is 0 Å². The molecule has 0 unspecified atom stereocenters. The number of aryl methyl sites for hydroxylation is 1. The van der Waals surface area contributed by atoms with Crippen LogP contribution in [-0.4, -0.2) is 9.97 Å². The molecule has 1 saturated carbocycles. The van der Waals surface area contributed by atoms with Crippen molar-refractivity contribution < 1.29 is 0 Å². The van der Waals surface area contributed by atoms with Gasteiger partial charge in [0.15, 0.2) is 5.82 Å². The van der Waals surface area contributed by atoms with E-state index in [9.17, 15) is 0 Å². The van der Waals surface area contributed by atoms with Crippen LogP contribution in [0.5, 0.6) is 0 Å². The molecule has 0 aliphatic heterocycles. The highest BCUT2D eigenvalue weighted by atomic mass is 35.5. The fraction of sp³-hybridized carbons (Fsp3) is 0.333. The van der Waals surface area contributed by atoms with E-state index in [-0.39, 0.29) is 0 Å². The van der Waals surface area contributed by atoms with Crippen molar-refractivity contribution in [3.05, 3.63) is 46.2 Å². The van der Waals surface area contributed by atoms with Gasteiger partial charge in [0.2, 0.25) is 0 Å². The molecule has 2 nitrogen and oxygen atoms in total. The Bertz CT molecular complexity index is 563. The Morgan fingerprint density at radius 2 is 1.72 bits per heavy atom. The van der Waals surface area contributed by atoms with E-state index in [1.807, 2.05) is 13.8 Å². The number of hydrogen-bond acceptors (Lipinski definition) is 2. The van der Waals surface area contributed by atoms with Gasteiger partial charge in [0.1, 0.15) is 5.15 Å². The van der Waals surface area contributed by atoms with Gasteiger partial charge >= 0.3 is 0 Å². The molecule has 1 fully saturated rings. The van der Waals surface area contributed by atoms with Crippen LogP contribution in [-0.2, 0) is 0 Å². The normalized spacial score (nSPS) is 14.8. The summed E-state index contributed by atoms with van der Waals surface area (Å²) in [6, 6.07) is 8.54. The lowest BCUT2D eigenvalue weighted by Crippen LogP contribution is -1.96. The highest BCUT2D eigenvalue weighted by Crippen LogP contribution is 2.40. The lowest BCUT2D eigenvalue weighted by atomic mass is 10.1. The van der Waals surface area contributed by atoms with Crippen LogP contribution in [0.1, 0.15) is 35.6 Å². The van der Waals surface area contributed by atoms with Gasteiger partial charge in [-0.3, -0.25) is 0 Å². The third kappa shape index (κ3) is 2.13. The van der Waals surface area contributed by atoms with Crippen LogP contribution >= 0.6 is 11.6 Å². The minimum absolute atomic E-state index is 0.545. The molecule has 1 aromatic heterocycles. The highest BCUT2D eigenvalue weighted by molar-refractivity contribution is 6.30. The fourth-order valence-electron chi connectivity index (χ4n) is 2.04. The lowest BCUT2D eigenvalue weighted by Gasteiger charge is -2.06. The molecular formula is C15H15ClN2. The van der Waals surface area contributed by atoms with E-state index in [0.29, 0.717) is 11.0 Å². The SMILES string of the molecule is Cc1nc(-c2ccc(C3CC3)cc2)nc(Cl)c1C. The Kier molecular flexibility index (Phi) is 2.83. The van der Waals surface area contributed by atoms with Crippen LogP contribution in [0, 0.1) is 13.8 Å². The summed E-state index contributed by atoms with van der Waals surface area (Å²) in [5.74, 6) is 1.49. The number of benzene rings is 1. The second-order valence-corrected chi connectivity index (χ2v) is 5.30. The molecular weight excluding hydrogens is 244 g/mol. The molecule has 3 rings (SSSR count). The van der Waals surface area contributed by atoms with Crippen molar-refractivity contribution in [3.63, 3.8) is 0 Å². The second-order valence-electron chi connectivity index (χ2n) is 4.94. The lowest BCUT2D eigenvalue weighted by molar-refractivity contribution is 1.07. The fourth-order valence-corrected chi connectivity index (χ4v) is 2.26. The van der Waals surface area contributed by atoms with Crippen molar-refractivity contribution in [2.75, 3.05) is 0 Å². The number of hydrogen-bond donors (Lipinski definition) is 0. The van der Waals surface area contributed by atoms with Crippen LogP contribution in [0.3, 0.4) is 0 Å². The molecule has 2 aromatic rings. The molecule has 1 aliphatic carbocycles. The first-order chi connectivity index (χ1) is 8.65. The van der Waals surface area contributed by atoms with Crippen LogP contribution in [0.4, 0.5) is 0 Å². The average molecular weight is 259 g/mol. The zero-order chi connectivity index (χ0) is 12.7. The zero-order valence-corrected chi connectivity index (χ0v) is 11.3. The van der Waals surface area contributed by atoms with Crippen LogP contribution in [0.25, 0.3) is 11.4 Å². The number of aromatic nitrogens is 2. The first-order valence-electron chi connectivity index (χ1n) is 6.26. The van der Waals surface area contributed by atoms with Crippen molar-refractivity contribution in [3.8, 4) is 11.4 Å². The van der Waals surface area contributed by atoms with Gasteiger partial charge in [-0.25, -0.2) is 9.97 Å². The summed E-state index contributed by atoms with van der Waals surface area (Å²) >= 11 is 6.11. The first-order valence-corrected chi connectivity index (χ1v) is 6.64. The van der Waals surface area contributed by atoms with Gasteiger partial charge < -0.3 is 0 Å². The summed E-state index contributed by atoms with van der Waals surface area (Å²) in [4.78, 5) is 8.85. The van der Waals surface area contributed by atoms with E-state index in [1.54, 1.807) is 0 Å². The number of nitrogens with zero attached hydrogens (tertiary/aromatic N) is 2. The zero-order valence-electron chi connectivity index (χ0n) is 10.6. The van der Waals surface area contributed by atoms with Gasteiger partial charge in [0.25, 0.3) is 0 Å². The third-order valence-electron chi connectivity index (χ3n) is 3.55. The Balaban J connectivity index is 1.98. The summed E-state index contributed by atoms with van der Waals surface area (Å²) in [6.07, 6.45) is 2.65. The Morgan fingerprint density at radius 1 is 1.06 bits per heavy atom. The number of rotatable bonds is 2. The molecule has 3 heteroatoms. The van der Waals surface area contributed by atoms with Crippen molar-refractivity contribution in [2.45, 2.75) is 32.6 Å². The van der Waals surface area contributed by atoms with E-state index >= 15 is 0 Å².